The van der Waals surface area contributed by atoms with Gasteiger partial charge in [0.1, 0.15) is 5.75 Å². The highest BCUT2D eigenvalue weighted by Gasteiger charge is 2.29. The van der Waals surface area contributed by atoms with E-state index in [0.717, 1.165) is 19.4 Å². The van der Waals surface area contributed by atoms with Crippen molar-refractivity contribution in [2.24, 2.45) is 5.92 Å². The second-order valence-electron chi connectivity index (χ2n) is 7.79. The first-order chi connectivity index (χ1) is 16.6. The van der Waals surface area contributed by atoms with E-state index in [-0.39, 0.29) is 11.8 Å². The normalized spacial score (nSPS) is 15.4. The van der Waals surface area contributed by atoms with Crippen molar-refractivity contribution in [2.45, 2.75) is 12.8 Å². The molecule has 0 radical (unpaired) electrons. The number of anilines is 2. The zero-order valence-corrected chi connectivity index (χ0v) is 19.5. The number of para-hydroxylation sites is 1. The van der Waals surface area contributed by atoms with Crippen LogP contribution in [-0.4, -0.2) is 50.3 Å². The molecule has 1 aliphatic rings. The van der Waals surface area contributed by atoms with E-state index in [9.17, 15) is 4.79 Å². The van der Waals surface area contributed by atoms with E-state index >= 15 is 0 Å². The summed E-state index contributed by atoms with van der Waals surface area (Å²) in [5.41, 5.74) is 0.573. The maximum absolute atomic E-state index is 13.2. The Morgan fingerprint density at radius 1 is 1.00 bits per heavy atom. The van der Waals surface area contributed by atoms with Crippen LogP contribution < -0.4 is 29.2 Å². The van der Waals surface area contributed by atoms with Gasteiger partial charge in [-0.2, -0.15) is 0 Å². The number of amides is 1. The number of carbonyl (C=O) groups is 1. The average Bonchev–Trinajstić information content (AvgIpc) is 2.89. The molecule has 0 aliphatic carbocycles. The Labute approximate surface area is 198 Å². The van der Waals surface area contributed by atoms with Crippen LogP contribution in [0.15, 0.2) is 54.9 Å². The molecule has 0 bridgehead atoms. The van der Waals surface area contributed by atoms with Gasteiger partial charge in [0.05, 0.1) is 27.2 Å². The molecule has 3 aromatic rings. The lowest BCUT2D eigenvalue weighted by atomic mass is 9.97. The molecule has 0 spiro atoms. The number of benzene rings is 2. The molecule has 9 nitrogen and oxygen atoms in total. The first-order valence-electron chi connectivity index (χ1n) is 11.0. The molecule has 178 valence electrons. The molecule has 1 unspecified atom stereocenters. The van der Waals surface area contributed by atoms with Gasteiger partial charge in [-0.25, -0.2) is 9.97 Å². The SMILES string of the molecule is COc1cc(NC(=O)C2CCCN(c3nccnc3Oc3ccccc3)C2)cc(OC)c1OC. The molecule has 9 heteroatoms. The van der Waals surface area contributed by atoms with Crippen molar-refractivity contribution in [2.75, 3.05) is 44.6 Å². The Bertz CT molecular complexity index is 1100. The van der Waals surface area contributed by atoms with Gasteiger partial charge in [0, 0.05) is 43.3 Å². The Morgan fingerprint density at radius 3 is 2.38 bits per heavy atom. The maximum atomic E-state index is 13.2. The minimum atomic E-state index is -0.237. The molecule has 2 heterocycles. The summed E-state index contributed by atoms with van der Waals surface area (Å²) in [5, 5.41) is 2.99. The van der Waals surface area contributed by atoms with E-state index in [1.165, 1.54) is 21.3 Å². The van der Waals surface area contributed by atoms with Crippen LogP contribution in [0.5, 0.6) is 28.9 Å². The van der Waals surface area contributed by atoms with Gasteiger partial charge in [-0.3, -0.25) is 4.79 Å². The van der Waals surface area contributed by atoms with Crippen LogP contribution in [0.3, 0.4) is 0 Å². The summed E-state index contributed by atoms with van der Waals surface area (Å²) in [4.78, 5) is 24.1. The van der Waals surface area contributed by atoms with Crippen LogP contribution >= 0.6 is 0 Å². The highest BCUT2D eigenvalue weighted by molar-refractivity contribution is 5.93. The fraction of sp³-hybridized carbons (Fsp3) is 0.320. The fourth-order valence-electron chi connectivity index (χ4n) is 3.99. The standard InChI is InChI=1S/C25H28N4O5/c1-31-20-14-18(15-21(32-2)22(20)33-3)28-24(30)17-8-7-13-29(16-17)23-25(27-12-11-26-23)34-19-9-5-4-6-10-19/h4-6,9-12,14-15,17H,7-8,13,16H2,1-3H3,(H,28,30). The first kappa shape index (κ1) is 23.2. The second-order valence-corrected chi connectivity index (χ2v) is 7.79. The van der Waals surface area contributed by atoms with Gasteiger partial charge >= 0.3 is 0 Å². The lowest BCUT2D eigenvalue weighted by molar-refractivity contribution is -0.120. The quantitative estimate of drug-likeness (QED) is 0.531. The summed E-state index contributed by atoms with van der Waals surface area (Å²) >= 11 is 0. The molecule has 1 aliphatic heterocycles. The Morgan fingerprint density at radius 2 is 1.71 bits per heavy atom. The predicted octanol–water partition coefficient (Wildman–Crippen LogP) is 4.15. The fourth-order valence-corrected chi connectivity index (χ4v) is 3.99. The van der Waals surface area contributed by atoms with E-state index in [0.29, 0.717) is 46.9 Å². The van der Waals surface area contributed by atoms with Gasteiger partial charge in [-0.1, -0.05) is 18.2 Å². The number of piperidine rings is 1. The number of hydrogen-bond donors (Lipinski definition) is 1. The third-order valence-electron chi connectivity index (χ3n) is 5.63. The van der Waals surface area contributed by atoms with Gasteiger partial charge in [0.25, 0.3) is 5.88 Å². The highest BCUT2D eigenvalue weighted by atomic mass is 16.5. The third kappa shape index (κ3) is 5.14. The summed E-state index contributed by atoms with van der Waals surface area (Å²) in [6.07, 6.45) is 4.84. The molecule has 1 amide bonds. The smallest absolute Gasteiger partial charge is 0.263 e. The average molecular weight is 465 g/mol. The minimum absolute atomic E-state index is 0.0895. The Balaban J connectivity index is 1.49. The molecule has 1 atom stereocenters. The summed E-state index contributed by atoms with van der Waals surface area (Å²) in [7, 11) is 4.62. The zero-order valence-electron chi connectivity index (χ0n) is 19.5. The molecule has 0 saturated carbocycles. The molecule has 1 aromatic heterocycles. The Kier molecular flexibility index (Phi) is 7.31. The number of rotatable bonds is 8. The highest BCUT2D eigenvalue weighted by Crippen LogP contribution is 2.40. The molecule has 34 heavy (non-hydrogen) atoms. The van der Waals surface area contributed by atoms with Gasteiger partial charge in [-0.05, 0) is 25.0 Å². The largest absolute Gasteiger partial charge is 0.493 e. The lowest BCUT2D eigenvalue weighted by Gasteiger charge is -2.33. The minimum Gasteiger partial charge on any atom is -0.493 e. The van der Waals surface area contributed by atoms with Crippen LogP contribution in [0, 0.1) is 5.92 Å². The van der Waals surface area contributed by atoms with Crippen LogP contribution in [-0.2, 0) is 4.79 Å². The van der Waals surface area contributed by atoms with Crippen molar-refractivity contribution in [3.05, 3.63) is 54.9 Å². The second kappa shape index (κ2) is 10.7. The zero-order chi connectivity index (χ0) is 23.9. The van der Waals surface area contributed by atoms with E-state index in [1.807, 2.05) is 35.2 Å². The van der Waals surface area contributed by atoms with E-state index in [1.54, 1.807) is 24.5 Å². The monoisotopic (exact) mass is 464 g/mol. The van der Waals surface area contributed by atoms with Gasteiger partial charge in [0.15, 0.2) is 17.3 Å². The topological polar surface area (TPSA) is 95.0 Å². The summed E-state index contributed by atoms with van der Waals surface area (Å²) < 4.78 is 22.1. The number of hydrogen-bond acceptors (Lipinski definition) is 8. The molecular weight excluding hydrogens is 436 g/mol. The van der Waals surface area contributed by atoms with Crippen LogP contribution in [0.4, 0.5) is 11.5 Å². The molecule has 2 aromatic carbocycles. The van der Waals surface area contributed by atoms with Crippen LogP contribution in [0.2, 0.25) is 0 Å². The molecular formula is C25H28N4O5. The third-order valence-corrected chi connectivity index (χ3v) is 5.63. The van der Waals surface area contributed by atoms with E-state index in [2.05, 4.69) is 15.3 Å². The predicted molar refractivity (Wildman–Crippen MR) is 128 cm³/mol. The van der Waals surface area contributed by atoms with Crippen molar-refractivity contribution in [1.82, 2.24) is 9.97 Å². The molecule has 1 saturated heterocycles. The number of aromatic nitrogens is 2. The lowest BCUT2D eigenvalue weighted by Crippen LogP contribution is -2.41. The van der Waals surface area contributed by atoms with Crippen molar-refractivity contribution in [3.63, 3.8) is 0 Å². The molecule has 1 N–H and O–H groups in total. The van der Waals surface area contributed by atoms with Crippen LogP contribution in [0.1, 0.15) is 12.8 Å². The van der Waals surface area contributed by atoms with Crippen molar-refractivity contribution in [1.29, 1.82) is 0 Å². The van der Waals surface area contributed by atoms with E-state index < -0.39 is 0 Å². The summed E-state index contributed by atoms with van der Waals surface area (Å²) in [6, 6.07) is 12.9. The molecule has 4 rings (SSSR count). The number of carbonyl (C=O) groups excluding carboxylic acids is 1. The number of ether oxygens (including phenoxy) is 4. The molecule has 1 fully saturated rings. The summed E-state index contributed by atoms with van der Waals surface area (Å²) in [5.74, 6) is 2.82. The van der Waals surface area contributed by atoms with Gasteiger partial charge in [0.2, 0.25) is 11.7 Å². The summed E-state index contributed by atoms with van der Waals surface area (Å²) in [6.45, 7) is 1.26. The number of methoxy groups -OCH3 is 3. The Hall–Kier alpha value is -4.01. The van der Waals surface area contributed by atoms with Crippen molar-refractivity contribution >= 4 is 17.4 Å². The van der Waals surface area contributed by atoms with Gasteiger partial charge in [-0.15, -0.1) is 0 Å². The van der Waals surface area contributed by atoms with E-state index in [4.69, 9.17) is 18.9 Å². The van der Waals surface area contributed by atoms with Gasteiger partial charge < -0.3 is 29.2 Å². The number of nitrogens with zero attached hydrogens (tertiary/aromatic N) is 3. The van der Waals surface area contributed by atoms with Crippen molar-refractivity contribution < 1.29 is 23.7 Å². The number of nitrogens with one attached hydrogen (secondary N) is 1. The van der Waals surface area contributed by atoms with Crippen LogP contribution in [0.25, 0.3) is 0 Å². The first-order valence-corrected chi connectivity index (χ1v) is 11.0. The maximum Gasteiger partial charge on any atom is 0.263 e. The van der Waals surface area contributed by atoms with Crippen molar-refractivity contribution in [3.8, 4) is 28.9 Å².